The summed E-state index contributed by atoms with van der Waals surface area (Å²) in [5.41, 5.74) is 2.07. The Balaban J connectivity index is 2.08. The van der Waals surface area contributed by atoms with Crippen LogP contribution in [0.25, 0.3) is 16.9 Å². The molecule has 0 aliphatic heterocycles. The molecule has 2 aromatic heterocycles. The lowest BCUT2D eigenvalue weighted by atomic mass is 10.1. The molecule has 0 unspecified atom stereocenters. The van der Waals surface area contributed by atoms with E-state index >= 15 is 0 Å². The highest BCUT2D eigenvalue weighted by molar-refractivity contribution is 6.42. The second-order valence-corrected chi connectivity index (χ2v) is 6.42. The second-order valence-electron chi connectivity index (χ2n) is 5.17. The van der Waals surface area contributed by atoms with Gasteiger partial charge in [0.1, 0.15) is 23.7 Å². The number of benzene rings is 1. The molecule has 0 fully saturated rings. The molecule has 0 bridgehead atoms. The predicted molar refractivity (Wildman–Crippen MR) is 101 cm³/mol. The van der Waals surface area contributed by atoms with Crippen molar-refractivity contribution < 1.29 is 9.53 Å². The van der Waals surface area contributed by atoms with Crippen LogP contribution in [0.3, 0.4) is 0 Å². The third-order valence-electron chi connectivity index (χ3n) is 3.48. The first-order valence-electron chi connectivity index (χ1n) is 7.52. The first-order chi connectivity index (χ1) is 12.0. The zero-order valence-electron chi connectivity index (χ0n) is 13.2. The van der Waals surface area contributed by atoms with Crippen molar-refractivity contribution in [2.75, 3.05) is 18.5 Å². The second kappa shape index (κ2) is 7.52. The highest BCUT2D eigenvalue weighted by Gasteiger charge is 2.16. The van der Waals surface area contributed by atoms with Crippen molar-refractivity contribution in [3.05, 3.63) is 51.6 Å². The van der Waals surface area contributed by atoms with Gasteiger partial charge in [0.2, 0.25) is 0 Å². The number of carbonyl (C=O) groups excluding carboxylic acids is 1. The summed E-state index contributed by atoms with van der Waals surface area (Å²) >= 11 is 18.2. The number of carbonyl (C=O) groups is 1. The maximum Gasteiger partial charge on any atom is 0.325 e. The molecule has 8 heteroatoms. The van der Waals surface area contributed by atoms with Gasteiger partial charge in [-0.1, -0.05) is 40.9 Å². The minimum atomic E-state index is -0.362. The maximum atomic E-state index is 11.7. The van der Waals surface area contributed by atoms with Crippen LogP contribution in [0.5, 0.6) is 0 Å². The summed E-state index contributed by atoms with van der Waals surface area (Å²) in [6.45, 7) is 2.08. The number of esters is 1. The van der Waals surface area contributed by atoms with Crippen LogP contribution in [0.1, 0.15) is 6.92 Å². The Kier molecular flexibility index (Phi) is 5.37. The minimum absolute atomic E-state index is 0.00245. The van der Waals surface area contributed by atoms with E-state index in [1.165, 1.54) is 0 Å². The van der Waals surface area contributed by atoms with Gasteiger partial charge in [-0.15, -0.1) is 0 Å². The predicted octanol–water partition coefficient (Wildman–Crippen LogP) is 4.94. The van der Waals surface area contributed by atoms with Gasteiger partial charge >= 0.3 is 5.97 Å². The third kappa shape index (κ3) is 3.84. The Morgan fingerprint density at radius 3 is 2.72 bits per heavy atom. The molecule has 0 saturated heterocycles. The Morgan fingerprint density at radius 1 is 1.20 bits per heavy atom. The van der Waals surface area contributed by atoms with E-state index in [2.05, 4.69) is 10.3 Å². The molecule has 1 aromatic carbocycles. The number of ether oxygens (including phenoxy) is 1. The molecular weight excluding hydrogens is 385 g/mol. The van der Waals surface area contributed by atoms with Gasteiger partial charge in [0.25, 0.3) is 0 Å². The van der Waals surface area contributed by atoms with Crippen molar-refractivity contribution in [2.45, 2.75) is 6.92 Å². The number of fused-ring (bicyclic) bond motifs is 1. The van der Waals surface area contributed by atoms with Crippen LogP contribution in [0.15, 0.2) is 36.5 Å². The van der Waals surface area contributed by atoms with Crippen LogP contribution in [-0.2, 0) is 9.53 Å². The fourth-order valence-electron chi connectivity index (χ4n) is 2.40. The number of nitrogens with zero attached hydrogens (tertiary/aromatic N) is 2. The summed E-state index contributed by atoms with van der Waals surface area (Å²) in [4.78, 5) is 16.3. The number of nitrogens with one attached hydrogen (secondary N) is 1. The molecule has 3 rings (SSSR count). The molecule has 0 radical (unpaired) electrons. The molecule has 0 aliphatic carbocycles. The molecule has 0 amide bonds. The highest BCUT2D eigenvalue weighted by Crippen LogP contribution is 2.33. The van der Waals surface area contributed by atoms with Gasteiger partial charge in [-0.25, -0.2) is 4.98 Å². The third-order valence-corrected chi connectivity index (χ3v) is 4.44. The lowest BCUT2D eigenvalue weighted by Gasteiger charge is -2.09. The highest BCUT2D eigenvalue weighted by atomic mass is 35.5. The molecule has 25 heavy (non-hydrogen) atoms. The van der Waals surface area contributed by atoms with Gasteiger partial charge in [0, 0.05) is 11.8 Å². The summed E-state index contributed by atoms with van der Waals surface area (Å²) in [6.07, 6.45) is 1.72. The average molecular weight is 399 g/mol. The lowest BCUT2D eigenvalue weighted by molar-refractivity contribution is -0.140. The molecule has 3 aromatic rings. The fourth-order valence-corrected chi connectivity index (χ4v) is 2.86. The summed E-state index contributed by atoms with van der Waals surface area (Å²) in [6, 6.07) is 8.78. The normalized spacial score (nSPS) is 10.9. The molecule has 1 N–H and O–H groups in total. The van der Waals surface area contributed by atoms with Gasteiger partial charge in [-0.3, -0.25) is 9.20 Å². The maximum absolute atomic E-state index is 11.7. The Morgan fingerprint density at radius 2 is 2.00 bits per heavy atom. The first kappa shape index (κ1) is 17.9. The smallest absolute Gasteiger partial charge is 0.325 e. The molecule has 0 spiro atoms. The van der Waals surface area contributed by atoms with Crippen LogP contribution >= 0.6 is 34.8 Å². The van der Waals surface area contributed by atoms with E-state index in [0.717, 1.165) is 5.56 Å². The molecule has 130 valence electrons. The fraction of sp³-hybridized carbons (Fsp3) is 0.176. The van der Waals surface area contributed by atoms with Crippen molar-refractivity contribution >= 4 is 52.2 Å². The number of pyridine rings is 1. The SMILES string of the molecule is CCOC(=O)CNc1c(-c2ccc(Cl)c(Cl)c2)nc2ccc(Cl)cn12. The standard InChI is InChI=1S/C17H14Cl3N3O2/c1-2-25-15(24)8-21-17-16(10-3-5-12(19)13(20)7-10)22-14-6-4-11(18)9-23(14)17/h3-7,9,21H,2,8H2,1H3. The molecular formula is C17H14Cl3N3O2. The number of rotatable bonds is 5. The van der Waals surface area contributed by atoms with Crippen molar-refractivity contribution in [1.29, 1.82) is 0 Å². The van der Waals surface area contributed by atoms with E-state index in [1.807, 2.05) is 6.07 Å². The zero-order chi connectivity index (χ0) is 18.0. The van der Waals surface area contributed by atoms with Gasteiger partial charge < -0.3 is 10.1 Å². The van der Waals surface area contributed by atoms with Crippen molar-refractivity contribution in [3.63, 3.8) is 0 Å². The van der Waals surface area contributed by atoms with Gasteiger partial charge in [0.15, 0.2) is 0 Å². The summed E-state index contributed by atoms with van der Waals surface area (Å²) < 4.78 is 6.74. The van der Waals surface area contributed by atoms with E-state index in [9.17, 15) is 4.79 Å². The van der Waals surface area contributed by atoms with Crippen LogP contribution in [-0.4, -0.2) is 28.5 Å². The Hall–Kier alpha value is -1.95. The summed E-state index contributed by atoms with van der Waals surface area (Å²) in [5.74, 6) is 0.253. The van der Waals surface area contributed by atoms with E-state index in [0.29, 0.717) is 38.8 Å². The number of hydrogen-bond acceptors (Lipinski definition) is 4. The summed E-state index contributed by atoms with van der Waals surface area (Å²) in [7, 11) is 0. The van der Waals surface area contributed by atoms with E-state index < -0.39 is 0 Å². The number of aromatic nitrogens is 2. The lowest BCUT2D eigenvalue weighted by Crippen LogP contribution is -2.17. The van der Waals surface area contributed by atoms with Crippen LogP contribution in [0.4, 0.5) is 5.82 Å². The van der Waals surface area contributed by atoms with Crippen molar-refractivity contribution in [1.82, 2.24) is 9.38 Å². The van der Waals surface area contributed by atoms with Crippen molar-refractivity contribution in [2.24, 2.45) is 0 Å². The number of imidazole rings is 1. The topological polar surface area (TPSA) is 55.6 Å². The summed E-state index contributed by atoms with van der Waals surface area (Å²) in [5, 5.41) is 4.50. The zero-order valence-corrected chi connectivity index (χ0v) is 15.5. The Bertz CT molecular complexity index is 940. The number of halogens is 3. The minimum Gasteiger partial charge on any atom is -0.465 e. The van der Waals surface area contributed by atoms with E-state index in [4.69, 9.17) is 39.5 Å². The van der Waals surface area contributed by atoms with E-state index in [-0.39, 0.29) is 12.5 Å². The van der Waals surface area contributed by atoms with E-state index in [1.54, 1.807) is 41.8 Å². The molecule has 5 nitrogen and oxygen atoms in total. The van der Waals surface area contributed by atoms with Crippen LogP contribution in [0.2, 0.25) is 15.1 Å². The van der Waals surface area contributed by atoms with Crippen LogP contribution < -0.4 is 5.32 Å². The number of anilines is 1. The average Bonchev–Trinajstić information content (AvgIpc) is 2.93. The van der Waals surface area contributed by atoms with Gasteiger partial charge in [-0.05, 0) is 31.2 Å². The largest absolute Gasteiger partial charge is 0.465 e. The molecule has 0 atom stereocenters. The van der Waals surface area contributed by atoms with Gasteiger partial charge in [-0.2, -0.15) is 0 Å². The quantitative estimate of drug-likeness (QED) is 0.619. The van der Waals surface area contributed by atoms with Crippen molar-refractivity contribution in [3.8, 4) is 11.3 Å². The monoisotopic (exact) mass is 397 g/mol. The first-order valence-corrected chi connectivity index (χ1v) is 8.65. The molecule has 0 aliphatic rings. The van der Waals surface area contributed by atoms with Gasteiger partial charge in [0.05, 0.1) is 21.7 Å². The number of hydrogen-bond donors (Lipinski definition) is 1. The molecule has 0 saturated carbocycles. The Labute approximate surface area is 159 Å². The molecule has 2 heterocycles. The van der Waals surface area contributed by atoms with Crippen LogP contribution in [0, 0.1) is 0 Å².